The van der Waals surface area contributed by atoms with Crippen LogP contribution in [0.15, 0.2) is 17.5 Å². The summed E-state index contributed by atoms with van der Waals surface area (Å²) >= 11 is 1.77. The summed E-state index contributed by atoms with van der Waals surface area (Å²) in [7, 11) is 2.07. The van der Waals surface area contributed by atoms with Gasteiger partial charge in [-0.25, -0.2) is 0 Å². The van der Waals surface area contributed by atoms with Gasteiger partial charge in [0.2, 0.25) is 0 Å². The fourth-order valence-electron chi connectivity index (χ4n) is 1.38. The molecule has 0 bridgehead atoms. The Hall–Kier alpha value is -0.850. The molecule has 0 amide bonds. The van der Waals surface area contributed by atoms with Gasteiger partial charge in [-0.2, -0.15) is 5.26 Å². The first-order valence-corrected chi connectivity index (χ1v) is 5.66. The van der Waals surface area contributed by atoms with Crippen molar-refractivity contribution in [2.75, 3.05) is 13.6 Å². The number of rotatable bonds is 4. The van der Waals surface area contributed by atoms with Crippen LogP contribution in [-0.2, 0) is 0 Å². The van der Waals surface area contributed by atoms with Crippen LogP contribution in [0.1, 0.15) is 24.8 Å². The third-order valence-electron chi connectivity index (χ3n) is 2.40. The molecule has 0 aliphatic rings. The Morgan fingerprint density at radius 1 is 1.57 bits per heavy atom. The molecule has 76 valence electrons. The molecule has 0 aliphatic carbocycles. The van der Waals surface area contributed by atoms with Gasteiger partial charge in [-0.3, -0.25) is 4.90 Å². The van der Waals surface area contributed by atoms with E-state index >= 15 is 0 Å². The minimum absolute atomic E-state index is 0.0995. The van der Waals surface area contributed by atoms with Crippen molar-refractivity contribution in [3.05, 3.63) is 22.4 Å². The second-order valence-corrected chi connectivity index (χ2v) is 4.64. The molecule has 1 rings (SSSR count). The third-order valence-corrected chi connectivity index (χ3v) is 3.44. The molecule has 1 aromatic rings. The molecule has 1 aromatic heterocycles. The zero-order valence-electron chi connectivity index (χ0n) is 8.90. The molecule has 0 fully saturated rings. The standard InChI is InChI=1S/C11H16N2S/c1-9(7-12)8-13(3)10(2)11-5-4-6-14-11/h4-6,9-10H,8H2,1-3H3. The van der Waals surface area contributed by atoms with E-state index < -0.39 is 0 Å². The van der Waals surface area contributed by atoms with Crippen molar-refractivity contribution < 1.29 is 0 Å². The minimum atomic E-state index is 0.0995. The molecule has 0 saturated carbocycles. The van der Waals surface area contributed by atoms with Crippen LogP contribution in [0.4, 0.5) is 0 Å². The van der Waals surface area contributed by atoms with Crippen LogP contribution in [0, 0.1) is 17.2 Å². The van der Waals surface area contributed by atoms with Crippen LogP contribution in [0.2, 0.25) is 0 Å². The Bertz CT molecular complexity index is 300. The Balaban J connectivity index is 2.54. The first-order chi connectivity index (χ1) is 6.65. The van der Waals surface area contributed by atoms with Crippen molar-refractivity contribution in [3.8, 4) is 6.07 Å². The smallest absolute Gasteiger partial charge is 0.0666 e. The van der Waals surface area contributed by atoms with Gasteiger partial charge in [-0.15, -0.1) is 11.3 Å². The molecule has 0 radical (unpaired) electrons. The summed E-state index contributed by atoms with van der Waals surface area (Å²) in [4.78, 5) is 3.58. The molecule has 2 atom stereocenters. The second kappa shape index (κ2) is 5.14. The van der Waals surface area contributed by atoms with E-state index in [1.165, 1.54) is 4.88 Å². The zero-order valence-corrected chi connectivity index (χ0v) is 9.71. The van der Waals surface area contributed by atoms with Crippen LogP contribution in [0.25, 0.3) is 0 Å². The van der Waals surface area contributed by atoms with Gasteiger partial charge in [0.05, 0.1) is 12.0 Å². The van der Waals surface area contributed by atoms with E-state index in [1.54, 1.807) is 11.3 Å². The third kappa shape index (κ3) is 2.83. The van der Waals surface area contributed by atoms with Crippen molar-refractivity contribution in [1.82, 2.24) is 4.90 Å². The molecule has 0 saturated heterocycles. The largest absolute Gasteiger partial charge is 0.298 e. The molecule has 1 heterocycles. The number of nitriles is 1. The summed E-state index contributed by atoms with van der Waals surface area (Å²) in [6.07, 6.45) is 0. The molecule has 3 heteroatoms. The van der Waals surface area contributed by atoms with Gasteiger partial charge >= 0.3 is 0 Å². The lowest BCUT2D eigenvalue weighted by Crippen LogP contribution is -2.26. The van der Waals surface area contributed by atoms with E-state index in [-0.39, 0.29) is 5.92 Å². The normalized spacial score (nSPS) is 15.1. The van der Waals surface area contributed by atoms with E-state index in [2.05, 4.69) is 42.5 Å². The summed E-state index contributed by atoms with van der Waals surface area (Å²) in [6.45, 7) is 4.96. The van der Waals surface area contributed by atoms with Crippen molar-refractivity contribution in [3.63, 3.8) is 0 Å². The topological polar surface area (TPSA) is 27.0 Å². The van der Waals surface area contributed by atoms with E-state index in [1.807, 2.05) is 6.92 Å². The lowest BCUT2D eigenvalue weighted by atomic mass is 10.1. The van der Waals surface area contributed by atoms with Crippen molar-refractivity contribution in [2.24, 2.45) is 5.92 Å². The quantitative estimate of drug-likeness (QED) is 0.760. The molecule has 0 aromatic carbocycles. The SMILES string of the molecule is CC(C#N)CN(C)C(C)c1cccs1. The Kier molecular flexibility index (Phi) is 4.12. The molecule has 0 spiro atoms. The molecule has 0 N–H and O–H groups in total. The van der Waals surface area contributed by atoms with Crippen LogP contribution in [0.5, 0.6) is 0 Å². The molecular formula is C11H16N2S. The van der Waals surface area contributed by atoms with Gasteiger partial charge in [-0.1, -0.05) is 6.07 Å². The van der Waals surface area contributed by atoms with Gasteiger partial charge in [-0.05, 0) is 32.3 Å². The summed E-state index contributed by atoms with van der Waals surface area (Å²) in [6, 6.07) is 6.88. The van der Waals surface area contributed by atoms with Gasteiger partial charge in [0.1, 0.15) is 0 Å². The predicted octanol–water partition coefficient (Wildman–Crippen LogP) is 2.90. The maximum atomic E-state index is 8.72. The highest BCUT2D eigenvalue weighted by Gasteiger charge is 2.14. The lowest BCUT2D eigenvalue weighted by molar-refractivity contribution is 0.247. The number of thiophene rings is 1. The zero-order chi connectivity index (χ0) is 10.6. The van der Waals surface area contributed by atoms with E-state index in [0.29, 0.717) is 6.04 Å². The second-order valence-electron chi connectivity index (χ2n) is 3.66. The molecular weight excluding hydrogens is 192 g/mol. The summed E-state index contributed by atoms with van der Waals surface area (Å²) in [5, 5.41) is 10.8. The van der Waals surface area contributed by atoms with Crippen molar-refractivity contribution >= 4 is 11.3 Å². The van der Waals surface area contributed by atoms with Crippen LogP contribution in [0.3, 0.4) is 0 Å². The molecule has 2 unspecified atom stereocenters. The maximum Gasteiger partial charge on any atom is 0.0666 e. The predicted molar refractivity (Wildman–Crippen MR) is 60.1 cm³/mol. The fraction of sp³-hybridized carbons (Fsp3) is 0.545. The number of hydrogen-bond donors (Lipinski definition) is 0. The van der Waals surface area contributed by atoms with Crippen molar-refractivity contribution in [2.45, 2.75) is 19.9 Å². The maximum absolute atomic E-state index is 8.72. The summed E-state index contributed by atoms with van der Waals surface area (Å²) in [5.41, 5.74) is 0. The van der Waals surface area contributed by atoms with Gasteiger partial charge < -0.3 is 0 Å². The fourth-order valence-corrected chi connectivity index (χ4v) is 2.23. The Morgan fingerprint density at radius 3 is 2.79 bits per heavy atom. The first kappa shape index (κ1) is 11.2. The number of hydrogen-bond acceptors (Lipinski definition) is 3. The van der Waals surface area contributed by atoms with Crippen LogP contribution in [-0.4, -0.2) is 18.5 Å². The van der Waals surface area contributed by atoms with Crippen LogP contribution < -0.4 is 0 Å². The average Bonchev–Trinajstić information content (AvgIpc) is 2.69. The molecule has 14 heavy (non-hydrogen) atoms. The average molecular weight is 208 g/mol. The summed E-state index contributed by atoms with van der Waals surface area (Å²) < 4.78 is 0. The van der Waals surface area contributed by atoms with E-state index in [9.17, 15) is 0 Å². The number of nitrogens with zero attached hydrogens (tertiary/aromatic N) is 2. The van der Waals surface area contributed by atoms with Gasteiger partial charge in [0.25, 0.3) is 0 Å². The molecule has 0 aliphatic heterocycles. The van der Waals surface area contributed by atoms with Crippen molar-refractivity contribution in [1.29, 1.82) is 5.26 Å². The van der Waals surface area contributed by atoms with Gasteiger partial charge in [0.15, 0.2) is 0 Å². The first-order valence-electron chi connectivity index (χ1n) is 4.78. The van der Waals surface area contributed by atoms with Crippen LogP contribution >= 0.6 is 11.3 Å². The highest BCUT2D eigenvalue weighted by molar-refractivity contribution is 7.10. The Morgan fingerprint density at radius 2 is 2.29 bits per heavy atom. The van der Waals surface area contributed by atoms with E-state index in [4.69, 9.17) is 5.26 Å². The summed E-state index contributed by atoms with van der Waals surface area (Å²) in [5.74, 6) is 0.0995. The lowest BCUT2D eigenvalue weighted by Gasteiger charge is -2.24. The van der Waals surface area contributed by atoms with E-state index in [0.717, 1.165) is 6.54 Å². The highest BCUT2D eigenvalue weighted by atomic mass is 32.1. The molecule has 2 nitrogen and oxygen atoms in total. The van der Waals surface area contributed by atoms with Gasteiger partial charge in [0, 0.05) is 17.5 Å². The monoisotopic (exact) mass is 208 g/mol. The minimum Gasteiger partial charge on any atom is -0.298 e. The highest BCUT2D eigenvalue weighted by Crippen LogP contribution is 2.23. The Labute approximate surface area is 89.8 Å².